The third kappa shape index (κ3) is 4.39. The fraction of sp³-hybridized carbons (Fsp3) is 0.522. The summed E-state index contributed by atoms with van der Waals surface area (Å²) in [7, 11) is 0. The van der Waals surface area contributed by atoms with Gasteiger partial charge in [-0.25, -0.2) is 4.79 Å². The first-order valence-electron chi connectivity index (χ1n) is 11.5. The molecule has 0 amide bonds. The number of benzene rings is 1. The summed E-state index contributed by atoms with van der Waals surface area (Å²) in [5.74, 6) is 0.434. The van der Waals surface area contributed by atoms with Crippen LogP contribution in [0.4, 0.5) is 5.95 Å². The molecule has 0 bridgehead atoms. The van der Waals surface area contributed by atoms with E-state index in [2.05, 4.69) is 39.2 Å². The summed E-state index contributed by atoms with van der Waals surface area (Å²) in [6.07, 6.45) is 2.81. The second kappa shape index (κ2) is 9.82. The van der Waals surface area contributed by atoms with Gasteiger partial charge in [0.1, 0.15) is 0 Å². The quantitative estimate of drug-likeness (QED) is 0.419. The molecule has 2 aromatic heterocycles. The van der Waals surface area contributed by atoms with Crippen LogP contribution >= 0.6 is 15.9 Å². The highest BCUT2D eigenvalue weighted by Crippen LogP contribution is 2.26. The summed E-state index contributed by atoms with van der Waals surface area (Å²) in [4.78, 5) is 30.9. The summed E-state index contributed by atoms with van der Waals surface area (Å²) >= 11 is 3.62. The van der Waals surface area contributed by atoms with E-state index in [-0.39, 0.29) is 31.4 Å². The Morgan fingerprint density at radius 2 is 1.97 bits per heavy atom. The van der Waals surface area contributed by atoms with Crippen molar-refractivity contribution in [2.45, 2.75) is 71.3 Å². The average Bonchev–Trinajstić information content (AvgIpc) is 3.35. The van der Waals surface area contributed by atoms with E-state index in [1.807, 2.05) is 12.1 Å². The van der Waals surface area contributed by atoms with Crippen molar-refractivity contribution in [3.05, 3.63) is 54.6 Å². The number of nitrogens with zero attached hydrogens (tertiary/aromatic N) is 4. The smallest absolute Gasteiger partial charge is 0.332 e. The van der Waals surface area contributed by atoms with E-state index >= 15 is 0 Å². The molecular weight excluding hydrogens is 490 g/mol. The van der Waals surface area contributed by atoms with Gasteiger partial charge >= 0.3 is 5.69 Å². The second-order valence-electron chi connectivity index (χ2n) is 8.43. The van der Waals surface area contributed by atoms with Gasteiger partial charge in [0, 0.05) is 11.0 Å². The number of aromatic nitrogens is 4. The molecule has 2 heterocycles. The molecule has 0 saturated heterocycles. The Kier molecular flexibility index (Phi) is 7.06. The van der Waals surface area contributed by atoms with Gasteiger partial charge in [0.05, 0.1) is 31.8 Å². The first-order chi connectivity index (χ1) is 15.9. The van der Waals surface area contributed by atoms with E-state index in [0.29, 0.717) is 24.4 Å². The highest BCUT2D eigenvalue weighted by Gasteiger charge is 2.28. The zero-order valence-electron chi connectivity index (χ0n) is 18.9. The summed E-state index contributed by atoms with van der Waals surface area (Å²) in [6, 6.07) is 5.92. The molecule has 0 unspecified atom stereocenters. The summed E-state index contributed by atoms with van der Waals surface area (Å²) in [6.45, 7) is 4.19. The second-order valence-corrected chi connectivity index (χ2v) is 9.28. The van der Waals surface area contributed by atoms with E-state index in [0.717, 1.165) is 29.3 Å². The van der Waals surface area contributed by atoms with Crippen molar-refractivity contribution in [1.82, 2.24) is 18.7 Å². The van der Waals surface area contributed by atoms with Crippen molar-refractivity contribution >= 4 is 33.0 Å². The van der Waals surface area contributed by atoms with E-state index < -0.39 is 17.4 Å². The average molecular weight is 520 g/mol. The van der Waals surface area contributed by atoms with Gasteiger partial charge in [-0.1, -0.05) is 35.0 Å². The van der Waals surface area contributed by atoms with Crippen LogP contribution in [0, 0.1) is 0 Å². The highest BCUT2D eigenvalue weighted by atomic mass is 79.9. The van der Waals surface area contributed by atoms with Crippen LogP contribution in [-0.2, 0) is 26.1 Å². The molecule has 3 aromatic rings. The Hall–Kier alpha value is -2.43. The number of hydrogen-bond acceptors (Lipinski definition) is 6. The van der Waals surface area contributed by atoms with Gasteiger partial charge in [0.2, 0.25) is 5.95 Å². The molecule has 9 nitrogen and oxygen atoms in total. The number of hydrogen-bond donors (Lipinski definition) is 3. The summed E-state index contributed by atoms with van der Waals surface area (Å²) < 4.78 is 5.30. The number of imidazole rings is 1. The fourth-order valence-corrected chi connectivity index (χ4v) is 5.27. The lowest BCUT2D eigenvalue weighted by atomic mass is 10.1. The van der Waals surface area contributed by atoms with E-state index in [9.17, 15) is 19.8 Å². The van der Waals surface area contributed by atoms with E-state index in [1.165, 1.54) is 14.7 Å². The molecule has 1 aliphatic carbocycles. The number of nitrogens with one attached hydrogen (secondary N) is 1. The Morgan fingerprint density at radius 1 is 1.18 bits per heavy atom. The predicted octanol–water partition coefficient (Wildman–Crippen LogP) is 2.07. The molecule has 1 aromatic carbocycles. The zero-order valence-corrected chi connectivity index (χ0v) is 20.5. The molecule has 10 heteroatoms. The third-order valence-electron chi connectivity index (χ3n) is 6.39. The van der Waals surface area contributed by atoms with Crippen LogP contribution in [0.2, 0.25) is 0 Å². The third-order valence-corrected chi connectivity index (χ3v) is 7.13. The predicted molar refractivity (Wildman–Crippen MR) is 131 cm³/mol. The first-order valence-corrected chi connectivity index (χ1v) is 12.3. The SMILES string of the molecule is CCc1ccc(Cn2c(N[C@@H]3CCC[C@H]3O)nc3c2c(=O)n(CC)c(=O)n3CCO)cc1Br. The number of aliphatic hydroxyl groups is 2. The lowest BCUT2D eigenvalue weighted by Crippen LogP contribution is -2.40. The monoisotopic (exact) mass is 519 g/mol. The van der Waals surface area contributed by atoms with Crippen molar-refractivity contribution in [1.29, 1.82) is 0 Å². The van der Waals surface area contributed by atoms with Crippen molar-refractivity contribution in [2.75, 3.05) is 11.9 Å². The highest BCUT2D eigenvalue weighted by molar-refractivity contribution is 9.10. The normalized spacial score (nSPS) is 18.3. The number of aryl methyl sites for hydroxylation is 1. The number of anilines is 1. The van der Waals surface area contributed by atoms with Gasteiger partial charge in [-0.2, -0.15) is 4.98 Å². The molecule has 1 fully saturated rings. The van der Waals surface area contributed by atoms with Crippen LogP contribution in [0.25, 0.3) is 11.2 Å². The van der Waals surface area contributed by atoms with Crippen molar-refractivity contribution in [3.63, 3.8) is 0 Å². The van der Waals surface area contributed by atoms with E-state index in [1.54, 1.807) is 11.5 Å². The molecule has 1 aliphatic rings. The van der Waals surface area contributed by atoms with Crippen LogP contribution in [0.5, 0.6) is 0 Å². The summed E-state index contributed by atoms with van der Waals surface area (Å²) in [5.41, 5.74) is 1.79. The maximum absolute atomic E-state index is 13.4. The number of aliphatic hydroxyl groups excluding tert-OH is 2. The van der Waals surface area contributed by atoms with Crippen molar-refractivity contribution < 1.29 is 10.2 Å². The molecule has 0 aliphatic heterocycles. The van der Waals surface area contributed by atoms with Gasteiger partial charge in [-0.05, 0) is 49.8 Å². The molecule has 3 N–H and O–H groups in total. The standard InChI is InChI=1S/C23H30BrN5O4/c1-3-15-9-8-14(12-16(15)24)13-29-19-20(26-22(29)25-17-6-5-7-18(17)31)28(10-11-30)23(33)27(4-2)21(19)32/h8-9,12,17-18,30-31H,3-7,10-11,13H2,1-2H3,(H,25,26)/t17-,18-/m1/s1. The minimum Gasteiger partial charge on any atom is -0.395 e. The number of rotatable bonds is 8. The van der Waals surface area contributed by atoms with Crippen LogP contribution in [-0.4, -0.2) is 47.7 Å². The Labute approximate surface area is 199 Å². The zero-order chi connectivity index (χ0) is 23.7. The maximum Gasteiger partial charge on any atom is 0.332 e. The van der Waals surface area contributed by atoms with Gasteiger partial charge in [0.25, 0.3) is 5.56 Å². The minimum absolute atomic E-state index is 0.0366. The number of fused-ring (bicyclic) bond motifs is 1. The molecule has 0 radical (unpaired) electrons. The molecule has 178 valence electrons. The fourth-order valence-electron chi connectivity index (χ4n) is 4.57. The van der Waals surface area contributed by atoms with Gasteiger partial charge < -0.3 is 15.5 Å². The Bertz CT molecular complexity index is 1280. The lowest BCUT2D eigenvalue weighted by Gasteiger charge is -2.18. The molecule has 0 spiro atoms. The van der Waals surface area contributed by atoms with Crippen LogP contribution in [0.3, 0.4) is 0 Å². The van der Waals surface area contributed by atoms with Crippen molar-refractivity contribution in [3.8, 4) is 0 Å². The van der Waals surface area contributed by atoms with Crippen LogP contribution in [0.1, 0.15) is 44.2 Å². The van der Waals surface area contributed by atoms with Crippen LogP contribution in [0.15, 0.2) is 32.3 Å². The molecule has 1 saturated carbocycles. The minimum atomic E-state index is -0.497. The Morgan fingerprint density at radius 3 is 2.58 bits per heavy atom. The maximum atomic E-state index is 13.4. The number of halogens is 1. The summed E-state index contributed by atoms with van der Waals surface area (Å²) in [5, 5.41) is 23.2. The van der Waals surface area contributed by atoms with Gasteiger partial charge in [0.15, 0.2) is 11.2 Å². The largest absolute Gasteiger partial charge is 0.395 e. The topological polar surface area (TPSA) is 114 Å². The van der Waals surface area contributed by atoms with E-state index in [4.69, 9.17) is 0 Å². The first kappa shape index (κ1) is 23.7. The molecule has 4 rings (SSSR count). The van der Waals surface area contributed by atoms with Crippen LogP contribution < -0.4 is 16.6 Å². The van der Waals surface area contributed by atoms with Crippen molar-refractivity contribution in [2.24, 2.45) is 0 Å². The van der Waals surface area contributed by atoms with Gasteiger partial charge in [-0.3, -0.25) is 18.5 Å². The van der Waals surface area contributed by atoms with Gasteiger partial charge in [-0.15, -0.1) is 0 Å². The molecular formula is C23H30BrN5O4. The molecule has 2 atom stereocenters. The molecule has 33 heavy (non-hydrogen) atoms. The lowest BCUT2D eigenvalue weighted by molar-refractivity contribution is 0.171. The Balaban J connectivity index is 1.93.